The van der Waals surface area contributed by atoms with Crippen molar-refractivity contribution in [1.29, 1.82) is 0 Å². The lowest BCUT2D eigenvalue weighted by Crippen LogP contribution is -2.38. The van der Waals surface area contributed by atoms with Crippen LogP contribution in [0.4, 0.5) is 0 Å². The Hall–Kier alpha value is -0.795. The highest BCUT2D eigenvalue weighted by atomic mass is 16.5. The van der Waals surface area contributed by atoms with Crippen LogP contribution in [0, 0.1) is 0 Å². The summed E-state index contributed by atoms with van der Waals surface area (Å²) >= 11 is 0. The molecule has 0 aliphatic carbocycles. The molecular formula is C13H18BNO. The van der Waals surface area contributed by atoms with E-state index in [1.54, 1.807) is 0 Å². The van der Waals surface area contributed by atoms with Gasteiger partial charge in [-0.15, -0.1) is 0 Å². The Labute approximate surface area is 97.7 Å². The van der Waals surface area contributed by atoms with Crippen LogP contribution in [0.15, 0.2) is 30.3 Å². The smallest absolute Gasteiger partial charge is 0.380 e. The van der Waals surface area contributed by atoms with E-state index in [0.29, 0.717) is 6.04 Å². The van der Waals surface area contributed by atoms with E-state index < -0.39 is 0 Å². The molecule has 0 saturated carbocycles. The molecule has 2 aliphatic rings. The van der Waals surface area contributed by atoms with Crippen molar-refractivity contribution in [1.82, 2.24) is 4.81 Å². The van der Waals surface area contributed by atoms with Gasteiger partial charge in [0, 0.05) is 6.04 Å². The average molecular weight is 215 g/mol. The summed E-state index contributed by atoms with van der Waals surface area (Å²) in [5, 5.41) is 0. The number of nitrogens with zero attached hydrogens (tertiary/aromatic N) is 1. The van der Waals surface area contributed by atoms with Crippen molar-refractivity contribution in [3.05, 3.63) is 35.9 Å². The molecule has 2 fully saturated rings. The fourth-order valence-electron chi connectivity index (χ4n) is 3.35. The van der Waals surface area contributed by atoms with Gasteiger partial charge in [-0.2, -0.15) is 0 Å². The van der Waals surface area contributed by atoms with E-state index >= 15 is 0 Å². The number of benzene rings is 1. The molecule has 0 N–H and O–H groups in total. The molecule has 0 spiro atoms. The minimum absolute atomic E-state index is 0.114. The fraction of sp³-hybridized carbons (Fsp3) is 0.538. The summed E-state index contributed by atoms with van der Waals surface area (Å²) in [6.07, 6.45) is 2.57. The highest BCUT2D eigenvalue weighted by molar-refractivity contribution is 6.48. The van der Waals surface area contributed by atoms with E-state index in [4.69, 9.17) is 4.65 Å². The second-order valence-electron chi connectivity index (χ2n) is 5.09. The molecule has 2 aliphatic heterocycles. The van der Waals surface area contributed by atoms with Crippen molar-refractivity contribution in [2.24, 2.45) is 0 Å². The van der Waals surface area contributed by atoms with Gasteiger partial charge in [-0.25, -0.2) is 0 Å². The van der Waals surface area contributed by atoms with Gasteiger partial charge in [-0.05, 0) is 38.7 Å². The predicted octanol–water partition coefficient (Wildman–Crippen LogP) is 2.51. The van der Waals surface area contributed by atoms with Crippen molar-refractivity contribution < 1.29 is 4.65 Å². The van der Waals surface area contributed by atoms with Crippen molar-refractivity contribution in [2.45, 2.75) is 38.2 Å². The number of fused-ring (bicyclic) bond motifs is 1. The minimum atomic E-state index is -0.114. The minimum Gasteiger partial charge on any atom is -0.410 e. The molecule has 2 nitrogen and oxygen atoms in total. The molecule has 16 heavy (non-hydrogen) atoms. The number of hydrogen-bond donors (Lipinski definition) is 0. The maximum absolute atomic E-state index is 6.23. The SMILES string of the molecule is CB1OC(C)(c2ccccc2)C2CCCN12. The second kappa shape index (κ2) is 3.61. The van der Waals surface area contributed by atoms with E-state index in [2.05, 4.69) is 48.9 Å². The molecule has 2 atom stereocenters. The summed E-state index contributed by atoms with van der Waals surface area (Å²) < 4.78 is 6.23. The first-order valence-corrected chi connectivity index (χ1v) is 6.21. The van der Waals surface area contributed by atoms with Crippen molar-refractivity contribution in [2.75, 3.05) is 6.54 Å². The first-order valence-electron chi connectivity index (χ1n) is 6.21. The van der Waals surface area contributed by atoms with Crippen molar-refractivity contribution >= 4 is 7.05 Å². The molecular weight excluding hydrogens is 197 g/mol. The third kappa shape index (κ3) is 1.35. The lowest BCUT2D eigenvalue weighted by molar-refractivity contribution is 0.0813. The Morgan fingerprint density at radius 1 is 1.38 bits per heavy atom. The molecule has 2 unspecified atom stereocenters. The van der Waals surface area contributed by atoms with E-state index in [-0.39, 0.29) is 12.7 Å². The first kappa shape index (κ1) is 10.4. The van der Waals surface area contributed by atoms with Gasteiger partial charge >= 0.3 is 7.05 Å². The van der Waals surface area contributed by atoms with E-state index in [0.717, 1.165) is 0 Å². The van der Waals surface area contributed by atoms with Crippen LogP contribution in [-0.2, 0) is 10.3 Å². The predicted molar refractivity (Wildman–Crippen MR) is 66.2 cm³/mol. The largest absolute Gasteiger partial charge is 0.410 e. The molecule has 2 heterocycles. The van der Waals surface area contributed by atoms with Crippen molar-refractivity contribution in [3.63, 3.8) is 0 Å². The highest BCUT2D eigenvalue weighted by Crippen LogP contribution is 2.43. The summed E-state index contributed by atoms with van der Waals surface area (Å²) in [6, 6.07) is 11.2. The third-order valence-electron chi connectivity index (χ3n) is 4.16. The zero-order chi connectivity index (χ0) is 11.2. The molecule has 1 aromatic rings. The van der Waals surface area contributed by atoms with Crippen LogP contribution in [0.3, 0.4) is 0 Å². The molecule has 0 radical (unpaired) electrons. The van der Waals surface area contributed by atoms with Crippen molar-refractivity contribution in [3.8, 4) is 0 Å². The summed E-state index contributed by atoms with van der Waals surface area (Å²) in [5.41, 5.74) is 1.20. The van der Waals surface area contributed by atoms with Crippen LogP contribution in [0.1, 0.15) is 25.3 Å². The summed E-state index contributed by atoms with van der Waals surface area (Å²) in [6.45, 7) is 5.61. The topological polar surface area (TPSA) is 12.5 Å². The monoisotopic (exact) mass is 215 g/mol. The Morgan fingerprint density at radius 2 is 2.12 bits per heavy atom. The lowest BCUT2D eigenvalue weighted by atomic mass is 9.86. The van der Waals surface area contributed by atoms with E-state index in [1.807, 2.05) is 0 Å². The van der Waals surface area contributed by atoms with Crippen LogP contribution in [0.25, 0.3) is 0 Å². The van der Waals surface area contributed by atoms with Crippen LogP contribution in [0.2, 0.25) is 6.82 Å². The lowest BCUT2D eigenvalue weighted by Gasteiger charge is -2.31. The molecule has 3 heteroatoms. The van der Waals surface area contributed by atoms with Crippen LogP contribution in [0.5, 0.6) is 0 Å². The molecule has 0 amide bonds. The Morgan fingerprint density at radius 3 is 2.88 bits per heavy atom. The summed E-state index contributed by atoms with van der Waals surface area (Å²) in [7, 11) is 0.262. The normalized spacial score (nSPS) is 34.4. The van der Waals surface area contributed by atoms with Crippen LogP contribution >= 0.6 is 0 Å². The molecule has 2 saturated heterocycles. The summed E-state index contributed by atoms with van der Waals surface area (Å²) in [4.78, 5) is 2.51. The highest BCUT2D eigenvalue weighted by Gasteiger charge is 2.52. The Kier molecular flexibility index (Phi) is 2.34. The first-order chi connectivity index (χ1) is 7.72. The summed E-state index contributed by atoms with van der Waals surface area (Å²) in [5.74, 6) is 0. The van der Waals surface area contributed by atoms with E-state index in [1.165, 1.54) is 24.9 Å². The third-order valence-corrected chi connectivity index (χ3v) is 4.16. The average Bonchev–Trinajstić information content (AvgIpc) is 2.86. The van der Waals surface area contributed by atoms with Gasteiger partial charge in [-0.3, -0.25) is 0 Å². The van der Waals surface area contributed by atoms with Gasteiger partial charge in [0.25, 0.3) is 0 Å². The second-order valence-corrected chi connectivity index (χ2v) is 5.09. The van der Waals surface area contributed by atoms with Crippen LogP contribution < -0.4 is 0 Å². The molecule has 1 aromatic carbocycles. The molecule has 0 aromatic heterocycles. The van der Waals surface area contributed by atoms with Crippen LogP contribution in [-0.4, -0.2) is 24.4 Å². The zero-order valence-electron chi connectivity index (χ0n) is 10.0. The van der Waals surface area contributed by atoms with Gasteiger partial charge < -0.3 is 9.47 Å². The zero-order valence-corrected chi connectivity index (χ0v) is 10.0. The van der Waals surface area contributed by atoms with Gasteiger partial charge in [0.2, 0.25) is 0 Å². The molecule has 0 bridgehead atoms. The number of rotatable bonds is 1. The van der Waals surface area contributed by atoms with Gasteiger partial charge in [-0.1, -0.05) is 30.3 Å². The van der Waals surface area contributed by atoms with Gasteiger partial charge in [0.05, 0.1) is 5.60 Å². The standard InChI is InChI=1S/C13H18BNO/c1-13(11-7-4-3-5-8-11)12-9-6-10-15(12)14(2)16-13/h3-5,7-8,12H,6,9-10H2,1-2H3. The molecule has 84 valence electrons. The Balaban J connectivity index is 1.99. The fourth-order valence-corrected chi connectivity index (χ4v) is 3.35. The molecule has 3 rings (SSSR count). The Bertz CT molecular complexity index is 383. The van der Waals surface area contributed by atoms with E-state index in [9.17, 15) is 0 Å². The maximum atomic E-state index is 6.23. The number of hydrogen-bond acceptors (Lipinski definition) is 2. The van der Waals surface area contributed by atoms with Gasteiger partial charge in [0.15, 0.2) is 0 Å². The quantitative estimate of drug-likeness (QED) is 0.667. The maximum Gasteiger partial charge on any atom is 0.380 e. The van der Waals surface area contributed by atoms with Gasteiger partial charge in [0.1, 0.15) is 0 Å².